The largest absolute Gasteiger partial charge is 0.310 e. The SMILES string of the molecule is Cc1cc(CNC2CC2)cc(S(=O)(=O)NC2CC2C)c1Br. The van der Waals surface area contributed by atoms with Crippen molar-refractivity contribution in [2.75, 3.05) is 0 Å². The van der Waals surface area contributed by atoms with Gasteiger partial charge < -0.3 is 5.32 Å². The van der Waals surface area contributed by atoms with Crippen LogP contribution in [0.1, 0.15) is 37.3 Å². The van der Waals surface area contributed by atoms with Crippen LogP contribution < -0.4 is 10.0 Å². The number of nitrogens with one attached hydrogen (secondary N) is 2. The Morgan fingerprint density at radius 2 is 2.00 bits per heavy atom. The summed E-state index contributed by atoms with van der Waals surface area (Å²) < 4.78 is 28.5. The number of aryl methyl sites for hydroxylation is 1. The molecule has 2 atom stereocenters. The lowest BCUT2D eigenvalue weighted by molar-refractivity contribution is 0.577. The molecule has 2 unspecified atom stereocenters. The smallest absolute Gasteiger partial charge is 0.241 e. The van der Waals surface area contributed by atoms with Crippen LogP contribution in [-0.2, 0) is 16.6 Å². The molecule has 0 saturated heterocycles. The molecule has 2 N–H and O–H groups in total. The molecule has 2 saturated carbocycles. The zero-order valence-corrected chi connectivity index (χ0v) is 14.7. The summed E-state index contributed by atoms with van der Waals surface area (Å²) in [7, 11) is -3.45. The normalized spacial score (nSPS) is 25.1. The Kier molecular flexibility index (Phi) is 4.16. The van der Waals surface area contributed by atoms with Gasteiger partial charge in [-0.05, 0) is 65.2 Å². The quantitative estimate of drug-likeness (QED) is 0.806. The Hall–Kier alpha value is -0.430. The molecule has 6 heteroatoms. The van der Waals surface area contributed by atoms with E-state index in [1.54, 1.807) is 6.07 Å². The molecule has 2 fully saturated rings. The van der Waals surface area contributed by atoms with E-state index in [0.29, 0.717) is 21.3 Å². The van der Waals surface area contributed by atoms with E-state index in [1.807, 2.05) is 13.0 Å². The van der Waals surface area contributed by atoms with Crippen molar-refractivity contribution in [3.05, 3.63) is 27.7 Å². The molecule has 1 aromatic rings. The number of benzene rings is 1. The second kappa shape index (κ2) is 5.65. The molecular weight excluding hydrogens is 352 g/mol. The van der Waals surface area contributed by atoms with Crippen LogP contribution in [0.5, 0.6) is 0 Å². The van der Waals surface area contributed by atoms with Crippen LogP contribution in [0.4, 0.5) is 0 Å². The van der Waals surface area contributed by atoms with Crippen molar-refractivity contribution in [1.82, 2.24) is 10.0 Å². The van der Waals surface area contributed by atoms with Gasteiger partial charge in [-0.1, -0.05) is 13.0 Å². The first-order valence-corrected chi connectivity index (χ1v) is 9.69. The molecule has 1 aromatic carbocycles. The minimum absolute atomic E-state index is 0.0930. The fraction of sp³-hybridized carbons (Fsp3) is 0.600. The Bertz CT molecular complexity index is 656. The van der Waals surface area contributed by atoms with Crippen LogP contribution in [0.25, 0.3) is 0 Å². The van der Waals surface area contributed by atoms with Gasteiger partial charge in [-0.2, -0.15) is 0 Å². The molecule has 116 valence electrons. The summed E-state index contributed by atoms with van der Waals surface area (Å²) in [6.07, 6.45) is 3.38. The number of hydrogen-bond donors (Lipinski definition) is 2. The van der Waals surface area contributed by atoms with Gasteiger partial charge in [0.15, 0.2) is 0 Å². The fourth-order valence-electron chi connectivity index (χ4n) is 2.41. The topological polar surface area (TPSA) is 58.2 Å². The molecule has 0 aromatic heterocycles. The highest BCUT2D eigenvalue weighted by molar-refractivity contribution is 9.10. The van der Waals surface area contributed by atoms with Crippen LogP contribution in [0, 0.1) is 12.8 Å². The van der Waals surface area contributed by atoms with Crippen LogP contribution in [0.15, 0.2) is 21.5 Å². The van der Waals surface area contributed by atoms with Crippen molar-refractivity contribution in [2.45, 2.75) is 56.6 Å². The van der Waals surface area contributed by atoms with Gasteiger partial charge in [0, 0.05) is 23.1 Å². The van der Waals surface area contributed by atoms with Gasteiger partial charge in [-0.25, -0.2) is 13.1 Å². The summed E-state index contributed by atoms with van der Waals surface area (Å²) in [6.45, 7) is 4.72. The zero-order chi connectivity index (χ0) is 15.2. The number of rotatable bonds is 6. The number of sulfonamides is 1. The third-order valence-electron chi connectivity index (χ3n) is 4.16. The maximum absolute atomic E-state index is 12.5. The summed E-state index contributed by atoms with van der Waals surface area (Å²) in [5.74, 6) is 0.444. The van der Waals surface area contributed by atoms with Gasteiger partial charge in [0.25, 0.3) is 0 Å². The van der Waals surface area contributed by atoms with Crippen LogP contribution in [-0.4, -0.2) is 20.5 Å². The third kappa shape index (κ3) is 3.67. The molecule has 0 amide bonds. The number of hydrogen-bond acceptors (Lipinski definition) is 3. The molecule has 2 aliphatic carbocycles. The van der Waals surface area contributed by atoms with E-state index in [2.05, 4.69) is 32.9 Å². The van der Waals surface area contributed by atoms with Crippen molar-refractivity contribution >= 4 is 26.0 Å². The highest BCUT2D eigenvalue weighted by atomic mass is 79.9. The monoisotopic (exact) mass is 372 g/mol. The average Bonchev–Trinajstić information content (AvgIpc) is 3.30. The lowest BCUT2D eigenvalue weighted by Gasteiger charge is -2.13. The Balaban J connectivity index is 1.84. The predicted octanol–water partition coefficient (Wildman–Crippen LogP) is 2.70. The Labute approximate surface area is 134 Å². The van der Waals surface area contributed by atoms with Gasteiger partial charge in [0.2, 0.25) is 10.0 Å². The molecule has 3 rings (SSSR count). The lowest BCUT2D eigenvalue weighted by Crippen LogP contribution is -2.27. The second-order valence-corrected chi connectivity index (χ2v) is 8.80. The maximum atomic E-state index is 12.5. The number of halogens is 1. The molecule has 0 heterocycles. The van der Waals surface area contributed by atoms with E-state index in [4.69, 9.17) is 0 Å². The average molecular weight is 373 g/mol. The molecular formula is C15H21BrN2O2S. The maximum Gasteiger partial charge on any atom is 0.241 e. The van der Waals surface area contributed by atoms with Crippen molar-refractivity contribution in [3.8, 4) is 0 Å². The standard InChI is InChI=1S/C15H21BrN2O2S/c1-9-6-13(9)18-21(19,20)14-7-11(5-10(2)15(14)16)8-17-12-3-4-12/h5,7,9,12-13,17-18H,3-4,6,8H2,1-2H3. The molecule has 0 spiro atoms. The van der Waals surface area contributed by atoms with Crippen molar-refractivity contribution in [1.29, 1.82) is 0 Å². The molecule has 4 nitrogen and oxygen atoms in total. The van der Waals surface area contributed by atoms with E-state index in [9.17, 15) is 8.42 Å². The summed E-state index contributed by atoms with van der Waals surface area (Å²) in [5, 5.41) is 3.43. The third-order valence-corrected chi connectivity index (χ3v) is 6.99. The van der Waals surface area contributed by atoms with Gasteiger partial charge in [0.05, 0.1) is 4.90 Å². The van der Waals surface area contributed by atoms with E-state index in [1.165, 1.54) is 12.8 Å². The van der Waals surface area contributed by atoms with E-state index in [0.717, 1.165) is 24.1 Å². The predicted molar refractivity (Wildman–Crippen MR) is 86.6 cm³/mol. The van der Waals surface area contributed by atoms with Crippen LogP contribution in [0.3, 0.4) is 0 Å². The highest BCUT2D eigenvalue weighted by Crippen LogP contribution is 2.33. The second-order valence-electron chi connectivity index (χ2n) is 6.32. The molecule has 2 aliphatic rings. The van der Waals surface area contributed by atoms with E-state index in [-0.39, 0.29) is 6.04 Å². The molecule has 0 aliphatic heterocycles. The molecule has 0 radical (unpaired) electrons. The van der Waals surface area contributed by atoms with Crippen LogP contribution >= 0.6 is 15.9 Å². The minimum Gasteiger partial charge on any atom is -0.310 e. The van der Waals surface area contributed by atoms with Gasteiger partial charge in [-0.15, -0.1) is 0 Å². The molecule has 21 heavy (non-hydrogen) atoms. The lowest BCUT2D eigenvalue weighted by atomic mass is 10.1. The van der Waals surface area contributed by atoms with E-state index >= 15 is 0 Å². The van der Waals surface area contributed by atoms with E-state index < -0.39 is 10.0 Å². The van der Waals surface area contributed by atoms with Crippen molar-refractivity contribution < 1.29 is 8.42 Å². The molecule has 0 bridgehead atoms. The summed E-state index contributed by atoms with van der Waals surface area (Å²) in [4.78, 5) is 0.356. The fourth-order valence-corrected chi connectivity index (χ4v) is 4.83. The highest BCUT2D eigenvalue weighted by Gasteiger charge is 2.37. The Morgan fingerprint density at radius 1 is 1.33 bits per heavy atom. The van der Waals surface area contributed by atoms with Crippen LogP contribution in [0.2, 0.25) is 0 Å². The van der Waals surface area contributed by atoms with Gasteiger partial charge in [-0.3, -0.25) is 0 Å². The minimum atomic E-state index is -3.45. The summed E-state index contributed by atoms with van der Waals surface area (Å²) in [6, 6.07) is 4.52. The van der Waals surface area contributed by atoms with Crippen molar-refractivity contribution in [2.24, 2.45) is 5.92 Å². The van der Waals surface area contributed by atoms with Gasteiger partial charge in [0.1, 0.15) is 0 Å². The first-order chi connectivity index (χ1) is 9.87. The first kappa shape index (κ1) is 15.5. The summed E-state index contributed by atoms with van der Waals surface area (Å²) in [5.41, 5.74) is 1.97. The summed E-state index contributed by atoms with van der Waals surface area (Å²) >= 11 is 3.43. The first-order valence-electron chi connectivity index (χ1n) is 7.41. The zero-order valence-electron chi connectivity index (χ0n) is 12.3. The Morgan fingerprint density at radius 3 is 2.57 bits per heavy atom. The van der Waals surface area contributed by atoms with Gasteiger partial charge >= 0.3 is 0 Å². The van der Waals surface area contributed by atoms with Crippen molar-refractivity contribution in [3.63, 3.8) is 0 Å².